The number of carboxylic acids is 1. The summed E-state index contributed by atoms with van der Waals surface area (Å²) in [6.45, 7) is 0. The van der Waals surface area contributed by atoms with E-state index in [1.54, 1.807) is 22.8 Å². The Hall–Kier alpha value is -2.76. The van der Waals surface area contributed by atoms with E-state index in [2.05, 4.69) is 15.3 Å². The number of fused-ring (bicyclic) bond motifs is 1. The lowest BCUT2D eigenvalue weighted by Crippen LogP contribution is -2.06. The fourth-order valence-corrected chi connectivity index (χ4v) is 2.51. The van der Waals surface area contributed by atoms with Crippen molar-refractivity contribution < 1.29 is 9.90 Å². The number of aromatic carboxylic acids is 1. The highest BCUT2D eigenvalue weighted by molar-refractivity contribution is 5.89. The number of carboxylic acid groups (broad SMARTS) is 1. The highest BCUT2D eigenvalue weighted by Crippen LogP contribution is 2.41. The van der Waals surface area contributed by atoms with E-state index >= 15 is 0 Å². The van der Waals surface area contributed by atoms with Crippen LogP contribution in [-0.4, -0.2) is 30.9 Å². The van der Waals surface area contributed by atoms with Crippen LogP contribution in [0.3, 0.4) is 0 Å². The average Bonchev–Trinajstić information content (AvgIpc) is 3.23. The highest BCUT2D eigenvalue weighted by Gasteiger charge is 2.30. The summed E-state index contributed by atoms with van der Waals surface area (Å²) in [6, 6.07) is 9.09. The topological polar surface area (TPSA) is 80.4 Å². The molecule has 6 heteroatoms. The van der Waals surface area contributed by atoms with Crippen molar-refractivity contribution in [2.75, 3.05) is 0 Å². The molecule has 6 nitrogen and oxygen atoms in total. The van der Waals surface area contributed by atoms with Gasteiger partial charge in [-0.15, -0.1) is 5.10 Å². The zero-order valence-corrected chi connectivity index (χ0v) is 11.1. The quantitative estimate of drug-likeness (QED) is 0.796. The first-order valence-electron chi connectivity index (χ1n) is 6.78. The number of hydrogen-bond acceptors (Lipinski definition) is 4. The Morgan fingerprint density at radius 2 is 2.10 bits per heavy atom. The molecule has 21 heavy (non-hydrogen) atoms. The normalized spacial score (nSPS) is 14.5. The molecule has 4 rings (SSSR count). The molecule has 1 fully saturated rings. The second-order valence-electron chi connectivity index (χ2n) is 5.19. The summed E-state index contributed by atoms with van der Waals surface area (Å²) in [5.41, 5.74) is 3.38. The van der Waals surface area contributed by atoms with Crippen molar-refractivity contribution in [3.63, 3.8) is 0 Å². The Morgan fingerprint density at radius 1 is 1.24 bits per heavy atom. The fourth-order valence-electron chi connectivity index (χ4n) is 2.51. The van der Waals surface area contributed by atoms with Crippen LogP contribution in [0, 0.1) is 0 Å². The highest BCUT2D eigenvalue weighted by atomic mass is 16.4. The van der Waals surface area contributed by atoms with Gasteiger partial charge in [0.25, 0.3) is 0 Å². The minimum absolute atomic E-state index is 0.269. The maximum absolute atomic E-state index is 11.3. The summed E-state index contributed by atoms with van der Waals surface area (Å²) in [7, 11) is 0. The van der Waals surface area contributed by atoms with Crippen LogP contribution in [0.25, 0.3) is 16.9 Å². The largest absolute Gasteiger partial charge is 0.478 e. The molecule has 1 N–H and O–H groups in total. The van der Waals surface area contributed by atoms with Gasteiger partial charge in [-0.3, -0.25) is 0 Å². The zero-order chi connectivity index (χ0) is 14.4. The number of aromatic nitrogens is 4. The monoisotopic (exact) mass is 280 g/mol. The maximum atomic E-state index is 11.3. The molecule has 0 spiro atoms. The molecule has 0 saturated heterocycles. The van der Waals surface area contributed by atoms with Crippen LogP contribution in [0.1, 0.15) is 34.8 Å². The third-order valence-electron chi connectivity index (χ3n) is 3.71. The molecule has 0 aromatic carbocycles. The summed E-state index contributed by atoms with van der Waals surface area (Å²) in [6.07, 6.45) is 3.69. The van der Waals surface area contributed by atoms with Crippen molar-refractivity contribution in [2.24, 2.45) is 0 Å². The van der Waals surface area contributed by atoms with Gasteiger partial charge in [0.2, 0.25) is 0 Å². The van der Waals surface area contributed by atoms with E-state index in [4.69, 9.17) is 0 Å². The Kier molecular flexibility index (Phi) is 2.50. The predicted molar refractivity (Wildman–Crippen MR) is 75.2 cm³/mol. The van der Waals surface area contributed by atoms with E-state index in [1.165, 1.54) is 0 Å². The number of nitrogens with zero attached hydrogens (tertiary/aromatic N) is 4. The molecule has 0 bridgehead atoms. The molecule has 1 aliphatic rings. The lowest BCUT2D eigenvalue weighted by molar-refractivity contribution is 0.0695. The van der Waals surface area contributed by atoms with E-state index in [0.29, 0.717) is 11.3 Å². The van der Waals surface area contributed by atoms with Crippen LogP contribution in [0.2, 0.25) is 0 Å². The molecule has 1 saturated carbocycles. The standard InChI is InChI=1S/C15H12N4O2/c20-15(21)11-6-7-12(17-14(11)9-4-5-9)13-3-1-2-10-8-16-18-19(10)13/h1-3,6-9H,4-5H2,(H,20,21). The van der Waals surface area contributed by atoms with E-state index < -0.39 is 5.97 Å². The Bertz CT molecular complexity index is 852. The SMILES string of the molecule is O=C(O)c1ccc(-c2cccc3cnnn23)nc1C1CC1. The van der Waals surface area contributed by atoms with Gasteiger partial charge in [0.1, 0.15) is 0 Å². The van der Waals surface area contributed by atoms with Crippen LogP contribution < -0.4 is 0 Å². The molecule has 3 aromatic rings. The van der Waals surface area contributed by atoms with Gasteiger partial charge in [-0.1, -0.05) is 11.3 Å². The Labute approximate surface area is 120 Å². The lowest BCUT2D eigenvalue weighted by atomic mass is 10.1. The summed E-state index contributed by atoms with van der Waals surface area (Å²) in [5, 5.41) is 17.2. The first-order chi connectivity index (χ1) is 10.2. The lowest BCUT2D eigenvalue weighted by Gasteiger charge is -2.08. The second kappa shape index (κ2) is 4.37. The minimum Gasteiger partial charge on any atom is -0.478 e. The van der Waals surface area contributed by atoms with Gasteiger partial charge in [-0.2, -0.15) is 0 Å². The van der Waals surface area contributed by atoms with E-state index in [1.807, 2.05) is 18.2 Å². The summed E-state index contributed by atoms with van der Waals surface area (Å²) < 4.78 is 1.71. The van der Waals surface area contributed by atoms with Crippen molar-refractivity contribution in [1.29, 1.82) is 0 Å². The second-order valence-corrected chi connectivity index (χ2v) is 5.19. The first kappa shape index (κ1) is 12.0. The van der Waals surface area contributed by atoms with Crippen LogP contribution >= 0.6 is 0 Å². The van der Waals surface area contributed by atoms with Crippen LogP contribution in [0.15, 0.2) is 36.5 Å². The van der Waals surface area contributed by atoms with Gasteiger partial charge in [-0.25, -0.2) is 14.3 Å². The maximum Gasteiger partial charge on any atom is 0.337 e. The average molecular weight is 280 g/mol. The molecule has 1 aliphatic carbocycles. The molecule has 0 radical (unpaired) electrons. The summed E-state index contributed by atoms with van der Waals surface area (Å²) in [5.74, 6) is -0.652. The van der Waals surface area contributed by atoms with E-state index in [9.17, 15) is 9.90 Å². The molecule has 0 atom stereocenters. The van der Waals surface area contributed by atoms with Gasteiger partial charge in [0, 0.05) is 5.92 Å². The minimum atomic E-state index is -0.921. The van der Waals surface area contributed by atoms with Crippen LogP contribution in [-0.2, 0) is 0 Å². The fraction of sp³-hybridized carbons (Fsp3) is 0.200. The number of rotatable bonds is 3. The van der Waals surface area contributed by atoms with E-state index in [0.717, 1.165) is 29.7 Å². The molecule has 0 amide bonds. The molecule has 0 unspecified atom stereocenters. The summed E-state index contributed by atoms with van der Waals surface area (Å²) >= 11 is 0. The van der Waals surface area contributed by atoms with E-state index in [-0.39, 0.29) is 5.92 Å². The molecule has 3 aromatic heterocycles. The predicted octanol–water partition coefficient (Wildman–Crippen LogP) is 2.37. The Morgan fingerprint density at radius 3 is 2.86 bits per heavy atom. The van der Waals surface area contributed by atoms with Crippen molar-refractivity contribution >= 4 is 11.5 Å². The van der Waals surface area contributed by atoms with Crippen molar-refractivity contribution in [3.05, 3.63) is 47.8 Å². The molecular formula is C15H12N4O2. The third-order valence-corrected chi connectivity index (χ3v) is 3.71. The Balaban J connectivity index is 1.91. The zero-order valence-electron chi connectivity index (χ0n) is 11.1. The molecule has 0 aliphatic heterocycles. The summed E-state index contributed by atoms with van der Waals surface area (Å²) in [4.78, 5) is 15.9. The smallest absolute Gasteiger partial charge is 0.337 e. The molecule has 3 heterocycles. The van der Waals surface area contributed by atoms with Crippen LogP contribution in [0.5, 0.6) is 0 Å². The van der Waals surface area contributed by atoms with Crippen LogP contribution in [0.4, 0.5) is 0 Å². The molecule has 104 valence electrons. The van der Waals surface area contributed by atoms with Crippen molar-refractivity contribution in [3.8, 4) is 11.4 Å². The molecular weight excluding hydrogens is 268 g/mol. The number of hydrogen-bond donors (Lipinski definition) is 1. The number of pyridine rings is 2. The van der Waals surface area contributed by atoms with Crippen molar-refractivity contribution in [2.45, 2.75) is 18.8 Å². The van der Waals surface area contributed by atoms with Gasteiger partial charge < -0.3 is 5.11 Å². The first-order valence-corrected chi connectivity index (χ1v) is 6.78. The van der Waals surface area contributed by atoms with Gasteiger partial charge in [-0.05, 0) is 37.1 Å². The van der Waals surface area contributed by atoms with Gasteiger partial charge in [0.05, 0.1) is 34.4 Å². The number of carbonyl (C=O) groups is 1. The van der Waals surface area contributed by atoms with Gasteiger partial charge >= 0.3 is 5.97 Å². The third kappa shape index (κ3) is 1.96. The van der Waals surface area contributed by atoms with Gasteiger partial charge in [0.15, 0.2) is 0 Å². The van der Waals surface area contributed by atoms with Crippen molar-refractivity contribution in [1.82, 2.24) is 19.8 Å².